The van der Waals surface area contributed by atoms with E-state index in [0.717, 1.165) is 11.1 Å². The average molecular weight is 527 g/mol. The maximum absolute atomic E-state index is 13.0. The van der Waals surface area contributed by atoms with Gasteiger partial charge in [-0.25, -0.2) is 4.79 Å². The maximum Gasteiger partial charge on any atom is 0.330 e. The molecular formula is C30H38O8. The Kier molecular flexibility index (Phi) is 11.0. The van der Waals surface area contributed by atoms with E-state index in [1.807, 2.05) is 60.7 Å². The van der Waals surface area contributed by atoms with Crippen molar-refractivity contribution in [1.82, 2.24) is 0 Å². The standard InChI is InChI=1S/C30H38O8/c1-6-13-24(31)37-26-25(38-29(32)30(2,3)4)23(20-34-18-21-14-9-7-10-15-21)36-28(33-5)27(26)35-19-22-16-11-8-12-17-22/h6-17,23,25-28H,18-20H2,1-5H3/b13-6+/t23-,25+,26+,27-,28+/m1/s1. The second kappa shape index (κ2) is 14.2. The molecule has 0 saturated carbocycles. The fourth-order valence-electron chi connectivity index (χ4n) is 3.90. The zero-order valence-electron chi connectivity index (χ0n) is 22.7. The fourth-order valence-corrected chi connectivity index (χ4v) is 3.90. The molecule has 0 bridgehead atoms. The SMILES string of the molecule is C/C=C/C(=O)O[C@H]1[C@@H](OC(=O)C(C)(C)C)[C@@H](COCc2ccccc2)O[C@H](OC)[C@@H]1OCc1ccccc1. The van der Waals surface area contributed by atoms with Crippen molar-refractivity contribution in [2.24, 2.45) is 5.41 Å². The lowest BCUT2D eigenvalue weighted by molar-refractivity contribution is -0.312. The van der Waals surface area contributed by atoms with Crippen LogP contribution in [-0.4, -0.2) is 56.4 Å². The second-order valence-electron chi connectivity index (χ2n) is 10.1. The smallest absolute Gasteiger partial charge is 0.330 e. The molecule has 2 aromatic carbocycles. The van der Waals surface area contributed by atoms with Gasteiger partial charge in [-0.2, -0.15) is 0 Å². The van der Waals surface area contributed by atoms with Gasteiger partial charge in [-0.15, -0.1) is 0 Å². The third kappa shape index (κ3) is 8.49. The van der Waals surface area contributed by atoms with Crippen LogP contribution in [0.2, 0.25) is 0 Å². The summed E-state index contributed by atoms with van der Waals surface area (Å²) in [6.45, 7) is 7.58. The normalized spacial score (nSPS) is 23.8. The molecule has 0 radical (unpaired) electrons. The van der Waals surface area contributed by atoms with E-state index in [4.69, 9.17) is 28.4 Å². The molecule has 8 nitrogen and oxygen atoms in total. The summed E-state index contributed by atoms with van der Waals surface area (Å²) >= 11 is 0. The molecule has 1 saturated heterocycles. The molecule has 1 fully saturated rings. The van der Waals surface area contributed by atoms with Gasteiger partial charge in [0.1, 0.15) is 12.2 Å². The summed E-state index contributed by atoms with van der Waals surface area (Å²) in [5.41, 5.74) is 1.10. The van der Waals surface area contributed by atoms with Crippen LogP contribution in [0.15, 0.2) is 72.8 Å². The van der Waals surface area contributed by atoms with Crippen molar-refractivity contribution in [3.05, 3.63) is 83.9 Å². The molecule has 2 aromatic rings. The number of esters is 2. The first-order chi connectivity index (χ1) is 18.2. The predicted molar refractivity (Wildman–Crippen MR) is 141 cm³/mol. The fraction of sp³-hybridized carbons (Fsp3) is 0.467. The Hall–Kier alpha value is -3.04. The zero-order chi connectivity index (χ0) is 27.5. The molecule has 1 aliphatic heterocycles. The van der Waals surface area contributed by atoms with E-state index in [1.54, 1.807) is 33.8 Å². The van der Waals surface area contributed by atoms with Crippen LogP contribution in [0.1, 0.15) is 38.8 Å². The van der Waals surface area contributed by atoms with E-state index in [2.05, 4.69) is 0 Å². The molecule has 8 heteroatoms. The Balaban J connectivity index is 1.89. The van der Waals surface area contributed by atoms with Gasteiger partial charge >= 0.3 is 11.9 Å². The summed E-state index contributed by atoms with van der Waals surface area (Å²) in [5, 5.41) is 0. The van der Waals surface area contributed by atoms with Crippen LogP contribution in [0.25, 0.3) is 0 Å². The molecule has 1 aliphatic rings. The van der Waals surface area contributed by atoms with Crippen molar-refractivity contribution >= 4 is 11.9 Å². The molecule has 0 aromatic heterocycles. The summed E-state index contributed by atoms with van der Waals surface area (Å²) in [6, 6.07) is 19.2. The third-order valence-corrected chi connectivity index (χ3v) is 5.91. The van der Waals surface area contributed by atoms with Gasteiger partial charge in [0.25, 0.3) is 0 Å². The Bertz CT molecular complexity index is 1030. The molecule has 0 spiro atoms. The van der Waals surface area contributed by atoms with Gasteiger partial charge in [-0.05, 0) is 38.8 Å². The molecule has 206 valence electrons. The highest BCUT2D eigenvalue weighted by atomic mass is 16.7. The van der Waals surface area contributed by atoms with Crippen LogP contribution in [0.3, 0.4) is 0 Å². The van der Waals surface area contributed by atoms with E-state index in [0.29, 0.717) is 6.61 Å². The number of ether oxygens (including phenoxy) is 6. The number of allylic oxidation sites excluding steroid dienone is 1. The second-order valence-corrected chi connectivity index (χ2v) is 10.1. The first-order valence-corrected chi connectivity index (χ1v) is 12.7. The van der Waals surface area contributed by atoms with Crippen molar-refractivity contribution in [1.29, 1.82) is 0 Å². The van der Waals surface area contributed by atoms with Crippen molar-refractivity contribution in [2.45, 2.75) is 71.6 Å². The number of methoxy groups -OCH3 is 1. The van der Waals surface area contributed by atoms with E-state index >= 15 is 0 Å². The van der Waals surface area contributed by atoms with Crippen molar-refractivity contribution in [3.8, 4) is 0 Å². The summed E-state index contributed by atoms with van der Waals surface area (Å²) in [7, 11) is 1.48. The number of carbonyl (C=O) groups is 2. The summed E-state index contributed by atoms with van der Waals surface area (Å²) in [4.78, 5) is 25.7. The summed E-state index contributed by atoms with van der Waals surface area (Å²) in [5.74, 6) is -1.06. The number of carbonyl (C=O) groups excluding carboxylic acids is 2. The van der Waals surface area contributed by atoms with Gasteiger partial charge in [-0.1, -0.05) is 66.7 Å². The van der Waals surface area contributed by atoms with Crippen LogP contribution in [0.5, 0.6) is 0 Å². The van der Waals surface area contributed by atoms with Crippen LogP contribution in [0.4, 0.5) is 0 Å². The van der Waals surface area contributed by atoms with Crippen LogP contribution < -0.4 is 0 Å². The molecule has 3 rings (SSSR count). The minimum Gasteiger partial charge on any atom is -0.455 e. The Morgan fingerprint density at radius 2 is 1.47 bits per heavy atom. The van der Waals surface area contributed by atoms with Gasteiger partial charge in [0.2, 0.25) is 0 Å². The molecule has 0 unspecified atom stereocenters. The number of hydrogen-bond donors (Lipinski definition) is 0. The van der Waals surface area contributed by atoms with E-state index in [1.165, 1.54) is 13.2 Å². The van der Waals surface area contributed by atoms with Crippen molar-refractivity contribution in [2.75, 3.05) is 13.7 Å². The van der Waals surface area contributed by atoms with Crippen LogP contribution in [-0.2, 0) is 51.2 Å². The van der Waals surface area contributed by atoms with Gasteiger partial charge in [0.05, 0.1) is 25.2 Å². The van der Waals surface area contributed by atoms with Crippen LogP contribution >= 0.6 is 0 Å². The molecule has 0 aliphatic carbocycles. The lowest BCUT2D eigenvalue weighted by Gasteiger charge is -2.45. The highest BCUT2D eigenvalue weighted by Crippen LogP contribution is 2.32. The Morgan fingerprint density at radius 1 is 0.868 bits per heavy atom. The monoisotopic (exact) mass is 526 g/mol. The first kappa shape index (κ1) is 29.5. The Labute approximate surface area is 224 Å². The molecule has 0 amide bonds. The number of rotatable bonds is 11. The van der Waals surface area contributed by atoms with Crippen molar-refractivity contribution in [3.63, 3.8) is 0 Å². The minimum atomic E-state index is -1.02. The molecule has 38 heavy (non-hydrogen) atoms. The van der Waals surface area contributed by atoms with Gasteiger partial charge in [0.15, 0.2) is 18.5 Å². The van der Waals surface area contributed by atoms with Gasteiger partial charge in [-0.3, -0.25) is 4.79 Å². The maximum atomic E-state index is 13.0. The minimum absolute atomic E-state index is 0.0694. The van der Waals surface area contributed by atoms with E-state index in [9.17, 15) is 9.59 Å². The van der Waals surface area contributed by atoms with Gasteiger partial charge in [0, 0.05) is 13.2 Å². The molecule has 5 atom stereocenters. The third-order valence-electron chi connectivity index (χ3n) is 5.91. The van der Waals surface area contributed by atoms with E-state index < -0.39 is 48.1 Å². The lowest BCUT2D eigenvalue weighted by atomic mass is 9.95. The van der Waals surface area contributed by atoms with Crippen LogP contribution in [0, 0.1) is 5.41 Å². The predicted octanol–water partition coefficient (Wildman–Crippen LogP) is 4.61. The largest absolute Gasteiger partial charge is 0.455 e. The molecule has 0 N–H and O–H groups in total. The topological polar surface area (TPSA) is 89.5 Å². The highest BCUT2D eigenvalue weighted by Gasteiger charge is 2.52. The lowest BCUT2D eigenvalue weighted by Crippen LogP contribution is -2.62. The summed E-state index contributed by atoms with van der Waals surface area (Å²) in [6.07, 6.45) is -1.71. The zero-order valence-corrected chi connectivity index (χ0v) is 22.7. The molecular weight excluding hydrogens is 488 g/mol. The molecule has 1 heterocycles. The van der Waals surface area contributed by atoms with Gasteiger partial charge < -0.3 is 28.4 Å². The summed E-state index contributed by atoms with van der Waals surface area (Å²) < 4.78 is 35.8. The number of hydrogen-bond acceptors (Lipinski definition) is 8. The average Bonchev–Trinajstić information content (AvgIpc) is 2.90. The Morgan fingerprint density at radius 3 is 2.03 bits per heavy atom. The van der Waals surface area contributed by atoms with E-state index in [-0.39, 0.29) is 13.2 Å². The first-order valence-electron chi connectivity index (χ1n) is 12.7. The van der Waals surface area contributed by atoms with Crippen molar-refractivity contribution < 1.29 is 38.0 Å². The number of benzene rings is 2. The quantitative estimate of drug-likeness (QED) is 0.310. The highest BCUT2D eigenvalue weighted by molar-refractivity contribution is 5.82.